The smallest absolute Gasteiger partial charge is 0.276 e. The van der Waals surface area contributed by atoms with Crippen molar-refractivity contribution in [2.75, 3.05) is 4.90 Å². The molecule has 1 fully saturated rings. The van der Waals surface area contributed by atoms with E-state index in [1.54, 1.807) is 66.2 Å². The van der Waals surface area contributed by atoms with Crippen molar-refractivity contribution < 1.29 is 22.8 Å². The molecule has 36 heavy (non-hydrogen) atoms. The predicted molar refractivity (Wildman–Crippen MR) is 128 cm³/mol. The highest BCUT2D eigenvalue weighted by atomic mass is 19.3. The number of halogens is 3. The van der Waals surface area contributed by atoms with Crippen LogP contribution in [-0.2, 0) is 4.79 Å². The zero-order valence-corrected chi connectivity index (χ0v) is 19.4. The van der Waals surface area contributed by atoms with Crippen molar-refractivity contribution in [3.63, 3.8) is 0 Å². The fourth-order valence-electron chi connectivity index (χ4n) is 4.59. The van der Waals surface area contributed by atoms with Crippen molar-refractivity contribution in [2.24, 2.45) is 0 Å². The van der Waals surface area contributed by atoms with Crippen LogP contribution in [0.15, 0.2) is 79.1 Å². The summed E-state index contributed by atoms with van der Waals surface area (Å²) in [4.78, 5) is 33.3. The molecule has 9 heteroatoms. The summed E-state index contributed by atoms with van der Waals surface area (Å²) < 4.78 is 42.9. The largest absolute Gasteiger partial charge is 0.351 e. The molecule has 0 saturated heterocycles. The third kappa shape index (κ3) is 4.44. The normalized spacial score (nSPS) is 15.8. The lowest BCUT2D eigenvalue weighted by Crippen LogP contribution is -2.54. The third-order valence-corrected chi connectivity index (χ3v) is 6.38. The van der Waals surface area contributed by atoms with Crippen LogP contribution in [0.2, 0.25) is 0 Å². The van der Waals surface area contributed by atoms with Gasteiger partial charge >= 0.3 is 0 Å². The lowest BCUT2D eigenvalue weighted by Gasteiger charge is -2.38. The van der Waals surface area contributed by atoms with Crippen LogP contribution in [0.3, 0.4) is 0 Å². The van der Waals surface area contributed by atoms with E-state index in [0.29, 0.717) is 16.8 Å². The lowest BCUT2D eigenvalue weighted by molar-refractivity contribution is -0.130. The van der Waals surface area contributed by atoms with E-state index in [1.165, 1.54) is 29.2 Å². The molecule has 1 aliphatic carbocycles. The Labute approximate surface area is 205 Å². The highest BCUT2D eigenvalue weighted by Crippen LogP contribution is 2.38. The number of rotatable bonds is 6. The van der Waals surface area contributed by atoms with Crippen LogP contribution in [0.5, 0.6) is 0 Å². The molecular weight excluding hydrogens is 469 g/mol. The number of hydrogen-bond donors (Lipinski definition) is 1. The van der Waals surface area contributed by atoms with Gasteiger partial charge in [0.25, 0.3) is 11.8 Å². The quantitative estimate of drug-likeness (QED) is 0.408. The second-order valence-electron chi connectivity index (χ2n) is 8.95. The SMILES string of the molecule is Cc1ccccc1C(C(=O)NC1CC(F)(F)C1)N(C(=O)c1cccc2nccn12)c1cccc(F)c1. The zero-order valence-electron chi connectivity index (χ0n) is 19.4. The first-order chi connectivity index (χ1) is 17.2. The van der Waals surface area contributed by atoms with Crippen LogP contribution in [0.4, 0.5) is 18.9 Å². The van der Waals surface area contributed by atoms with Gasteiger partial charge < -0.3 is 5.32 Å². The molecule has 0 spiro atoms. The van der Waals surface area contributed by atoms with Crippen LogP contribution in [-0.4, -0.2) is 33.2 Å². The molecule has 5 rings (SSSR count). The molecule has 1 N–H and O–H groups in total. The minimum absolute atomic E-state index is 0.152. The van der Waals surface area contributed by atoms with E-state index in [9.17, 15) is 22.8 Å². The number of anilines is 1. The Morgan fingerprint density at radius 3 is 2.56 bits per heavy atom. The number of pyridine rings is 1. The van der Waals surface area contributed by atoms with Crippen LogP contribution >= 0.6 is 0 Å². The second kappa shape index (κ2) is 9.14. The van der Waals surface area contributed by atoms with Crippen LogP contribution in [0.1, 0.15) is 40.5 Å². The van der Waals surface area contributed by atoms with E-state index in [-0.39, 0.29) is 11.4 Å². The van der Waals surface area contributed by atoms with E-state index < -0.39 is 48.5 Å². The van der Waals surface area contributed by atoms with Crippen molar-refractivity contribution in [1.29, 1.82) is 0 Å². The van der Waals surface area contributed by atoms with Crippen molar-refractivity contribution >= 4 is 23.1 Å². The van der Waals surface area contributed by atoms with Crippen molar-refractivity contribution in [3.05, 3.63) is 102 Å². The standard InChI is InChI=1S/C27H23F3N4O2/c1-17-6-2-3-9-21(17)24(25(35)32-19-15-27(29,30)16-19)34(20-8-4-7-18(28)14-20)26(36)22-10-5-11-23-31-12-13-33(22)23/h2-14,19,24H,15-16H2,1H3,(H,32,35). The Bertz CT molecular complexity index is 1440. The van der Waals surface area contributed by atoms with Gasteiger partial charge in [-0.15, -0.1) is 0 Å². The first-order valence-electron chi connectivity index (χ1n) is 11.5. The second-order valence-corrected chi connectivity index (χ2v) is 8.95. The molecule has 2 aromatic carbocycles. The number of aryl methyl sites for hydroxylation is 1. The van der Waals surface area contributed by atoms with Crippen LogP contribution < -0.4 is 10.2 Å². The average molecular weight is 493 g/mol. The summed E-state index contributed by atoms with van der Waals surface area (Å²) in [7, 11) is 0. The number of nitrogens with one attached hydrogen (secondary N) is 1. The molecule has 0 aliphatic heterocycles. The minimum Gasteiger partial charge on any atom is -0.351 e. The lowest BCUT2D eigenvalue weighted by atomic mass is 9.87. The Morgan fingerprint density at radius 1 is 1.08 bits per heavy atom. The summed E-state index contributed by atoms with van der Waals surface area (Å²) in [6.07, 6.45) is 2.22. The van der Waals surface area contributed by atoms with Crippen LogP contribution in [0.25, 0.3) is 5.65 Å². The van der Waals surface area contributed by atoms with E-state index >= 15 is 0 Å². The van der Waals surface area contributed by atoms with Gasteiger partial charge in [0.1, 0.15) is 23.2 Å². The monoisotopic (exact) mass is 492 g/mol. The summed E-state index contributed by atoms with van der Waals surface area (Å²) in [5.74, 6) is -4.62. The van der Waals surface area contributed by atoms with Crippen LogP contribution in [0, 0.1) is 12.7 Å². The number of fused-ring (bicyclic) bond motifs is 1. The number of carbonyl (C=O) groups is 2. The number of benzene rings is 2. The summed E-state index contributed by atoms with van der Waals surface area (Å²) in [5, 5.41) is 2.68. The number of imidazole rings is 1. The molecule has 0 radical (unpaired) electrons. The Kier molecular flexibility index (Phi) is 5.99. The van der Waals surface area contributed by atoms with E-state index in [2.05, 4.69) is 10.3 Å². The molecule has 2 aromatic heterocycles. The van der Waals surface area contributed by atoms with Gasteiger partial charge in [-0.2, -0.15) is 0 Å². The van der Waals surface area contributed by atoms with Gasteiger partial charge in [-0.25, -0.2) is 18.2 Å². The maximum absolute atomic E-state index is 14.4. The molecule has 1 atom stereocenters. The Hall–Kier alpha value is -4.14. The first-order valence-corrected chi connectivity index (χ1v) is 11.5. The summed E-state index contributed by atoms with van der Waals surface area (Å²) in [6, 6.07) is 15.4. The van der Waals surface area contributed by atoms with Gasteiger partial charge in [-0.1, -0.05) is 36.4 Å². The zero-order chi connectivity index (χ0) is 25.4. The Morgan fingerprint density at radius 2 is 1.83 bits per heavy atom. The van der Waals surface area contributed by atoms with Gasteiger partial charge in [-0.3, -0.25) is 18.9 Å². The number of alkyl halides is 2. The number of aromatic nitrogens is 2. The molecule has 1 unspecified atom stereocenters. The molecule has 1 aliphatic rings. The van der Waals surface area contributed by atoms with Crippen molar-refractivity contribution in [3.8, 4) is 0 Å². The average Bonchev–Trinajstić information content (AvgIpc) is 3.30. The van der Waals surface area contributed by atoms with E-state index in [1.807, 2.05) is 0 Å². The molecule has 6 nitrogen and oxygen atoms in total. The number of carbonyl (C=O) groups excluding carboxylic acids is 2. The number of amides is 2. The van der Waals surface area contributed by atoms with Gasteiger partial charge in [0.05, 0.1) is 0 Å². The first kappa shape index (κ1) is 23.6. The highest BCUT2D eigenvalue weighted by molar-refractivity contribution is 6.09. The van der Waals surface area contributed by atoms with Crippen molar-refractivity contribution in [2.45, 2.75) is 37.8 Å². The van der Waals surface area contributed by atoms with Gasteiger partial charge in [0.15, 0.2) is 0 Å². The fraction of sp³-hybridized carbons (Fsp3) is 0.222. The molecule has 2 amide bonds. The van der Waals surface area contributed by atoms with E-state index in [0.717, 1.165) is 0 Å². The van der Waals surface area contributed by atoms with Gasteiger partial charge in [-0.05, 0) is 48.4 Å². The third-order valence-electron chi connectivity index (χ3n) is 6.38. The van der Waals surface area contributed by atoms with Gasteiger partial charge in [0.2, 0.25) is 5.91 Å². The molecule has 184 valence electrons. The highest BCUT2D eigenvalue weighted by Gasteiger charge is 2.47. The fourth-order valence-corrected chi connectivity index (χ4v) is 4.59. The molecule has 1 saturated carbocycles. The number of hydrogen-bond acceptors (Lipinski definition) is 3. The summed E-state index contributed by atoms with van der Waals surface area (Å²) in [5.41, 5.74) is 2.09. The topological polar surface area (TPSA) is 66.7 Å². The minimum atomic E-state index is -2.83. The molecular formula is C27H23F3N4O2. The summed E-state index contributed by atoms with van der Waals surface area (Å²) >= 11 is 0. The maximum Gasteiger partial charge on any atom is 0.276 e. The number of nitrogens with zero attached hydrogens (tertiary/aromatic N) is 3. The molecule has 2 heterocycles. The maximum atomic E-state index is 14.4. The molecule has 0 bridgehead atoms. The Balaban J connectivity index is 1.65. The molecule has 4 aromatic rings. The summed E-state index contributed by atoms with van der Waals surface area (Å²) in [6.45, 7) is 1.79. The van der Waals surface area contributed by atoms with Crippen molar-refractivity contribution in [1.82, 2.24) is 14.7 Å². The van der Waals surface area contributed by atoms with Gasteiger partial charge in [0, 0.05) is 37.0 Å². The predicted octanol–water partition coefficient (Wildman–Crippen LogP) is 5.08. The van der Waals surface area contributed by atoms with E-state index in [4.69, 9.17) is 0 Å².